The average Bonchev–Trinajstić information content (AvgIpc) is 2.93. The summed E-state index contributed by atoms with van der Waals surface area (Å²) in [5, 5.41) is 2.18. The molecule has 2 aliphatic heterocycles. The Kier molecular flexibility index (Phi) is 6.10. The largest absolute Gasteiger partial charge is 0.369 e. The van der Waals surface area contributed by atoms with Crippen LogP contribution in [-0.4, -0.2) is 40.5 Å². The van der Waals surface area contributed by atoms with Crippen molar-refractivity contribution in [3.8, 4) is 0 Å². The van der Waals surface area contributed by atoms with Crippen molar-refractivity contribution in [1.29, 1.82) is 0 Å². The van der Waals surface area contributed by atoms with Gasteiger partial charge in [0.25, 0.3) is 11.8 Å². The van der Waals surface area contributed by atoms with Gasteiger partial charge in [-0.2, -0.15) is 0 Å². The maximum Gasteiger partial charge on any atom is 0.262 e. The van der Waals surface area contributed by atoms with Crippen LogP contribution in [0, 0.1) is 5.92 Å². The van der Waals surface area contributed by atoms with Gasteiger partial charge in [-0.15, -0.1) is 0 Å². The summed E-state index contributed by atoms with van der Waals surface area (Å²) in [4.78, 5) is 62.4. The Morgan fingerprint density at radius 3 is 2.62 bits per heavy atom. The highest BCUT2D eigenvalue weighted by atomic mass is 16.2. The zero-order valence-electron chi connectivity index (χ0n) is 16.4. The number of fused-ring (bicyclic) bond motifs is 1. The van der Waals surface area contributed by atoms with Crippen molar-refractivity contribution in [2.75, 3.05) is 0 Å². The molecule has 154 valence electrons. The molecule has 1 aromatic carbocycles. The number of nitrogens with two attached hydrogens (primary N) is 1. The van der Waals surface area contributed by atoms with Crippen LogP contribution < -0.4 is 11.1 Å². The lowest BCUT2D eigenvalue weighted by atomic mass is 9.89. The van der Waals surface area contributed by atoms with Gasteiger partial charge in [-0.1, -0.05) is 38.3 Å². The molecule has 29 heavy (non-hydrogen) atoms. The van der Waals surface area contributed by atoms with E-state index in [4.69, 9.17) is 5.73 Å². The van der Waals surface area contributed by atoms with Crippen molar-refractivity contribution in [3.05, 3.63) is 34.9 Å². The monoisotopic (exact) mass is 399 g/mol. The molecule has 0 saturated carbocycles. The number of rotatable bonds is 8. The number of imide groups is 2. The molecule has 2 atom stereocenters. The third-order valence-corrected chi connectivity index (χ3v) is 5.58. The van der Waals surface area contributed by atoms with E-state index in [0.29, 0.717) is 12.0 Å². The van der Waals surface area contributed by atoms with E-state index in [0.717, 1.165) is 24.2 Å². The second kappa shape index (κ2) is 8.55. The minimum absolute atomic E-state index is 0.0673. The van der Waals surface area contributed by atoms with E-state index in [1.807, 2.05) is 0 Å². The predicted molar refractivity (Wildman–Crippen MR) is 104 cm³/mol. The normalized spacial score (nSPS) is 19.9. The maximum absolute atomic E-state index is 13.1. The minimum Gasteiger partial charge on any atom is -0.369 e. The molecular weight excluding hydrogens is 374 g/mol. The number of carbonyl (C=O) groups excluding carboxylic acids is 5. The standard InChI is InChI=1S/C21H25N3O5/c1-2-3-4-6-13(18(22)26)11-12-7-5-8-14-17(12)21(29)24(20(14)28)15-9-10-16(25)23-19(15)27/h5,7-8,13,15H,2-4,6,9-11H2,1H3,(H2,22,26)(H,23,25,27). The quantitative estimate of drug-likeness (QED) is 0.503. The molecule has 3 N–H and O–H groups in total. The van der Waals surface area contributed by atoms with Gasteiger partial charge in [0.1, 0.15) is 6.04 Å². The highest BCUT2D eigenvalue weighted by Crippen LogP contribution is 2.31. The molecule has 2 aliphatic rings. The summed E-state index contributed by atoms with van der Waals surface area (Å²) in [6.45, 7) is 2.07. The Labute approximate surface area is 168 Å². The van der Waals surface area contributed by atoms with Crippen molar-refractivity contribution in [1.82, 2.24) is 10.2 Å². The summed E-state index contributed by atoms with van der Waals surface area (Å²) >= 11 is 0. The molecule has 3 rings (SSSR count). The smallest absolute Gasteiger partial charge is 0.262 e. The number of benzene rings is 1. The Morgan fingerprint density at radius 2 is 1.97 bits per heavy atom. The van der Waals surface area contributed by atoms with E-state index in [1.165, 1.54) is 0 Å². The number of nitrogens with zero attached hydrogens (tertiary/aromatic N) is 1. The van der Waals surface area contributed by atoms with E-state index in [1.54, 1.807) is 18.2 Å². The fourth-order valence-corrected chi connectivity index (χ4v) is 4.01. The number of primary amides is 1. The van der Waals surface area contributed by atoms with Crippen LogP contribution in [0.3, 0.4) is 0 Å². The van der Waals surface area contributed by atoms with Crippen LogP contribution in [0.2, 0.25) is 0 Å². The number of carbonyl (C=O) groups is 5. The van der Waals surface area contributed by atoms with Crippen LogP contribution in [-0.2, 0) is 20.8 Å². The molecule has 0 radical (unpaired) electrons. The van der Waals surface area contributed by atoms with Crippen LogP contribution in [0.1, 0.15) is 71.7 Å². The van der Waals surface area contributed by atoms with Gasteiger partial charge in [0, 0.05) is 12.3 Å². The van der Waals surface area contributed by atoms with Crippen LogP contribution >= 0.6 is 0 Å². The van der Waals surface area contributed by atoms with Gasteiger partial charge in [0.2, 0.25) is 17.7 Å². The Bertz CT molecular complexity index is 879. The minimum atomic E-state index is -1.01. The lowest BCUT2D eigenvalue weighted by molar-refractivity contribution is -0.136. The van der Waals surface area contributed by atoms with Crippen molar-refractivity contribution < 1.29 is 24.0 Å². The van der Waals surface area contributed by atoms with Gasteiger partial charge in [0.15, 0.2) is 0 Å². The number of piperidine rings is 1. The van der Waals surface area contributed by atoms with Crippen LogP contribution in [0.15, 0.2) is 18.2 Å². The van der Waals surface area contributed by atoms with Gasteiger partial charge >= 0.3 is 0 Å². The van der Waals surface area contributed by atoms with E-state index >= 15 is 0 Å². The summed E-state index contributed by atoms with van der Waals surface area (Å²) < 4.78 is 0. The van der Waals surface area contributed by atoms with Crippen LogP contribution in [0.4, 0.5) is 0 Å². The molecule has 0 spiro atoms. The highest BCUT2D eigenvalue weighted by Gasteiger charge is 2.45. The van der Waals surface area contributed by atoms with Gasteiger partial charge < -0.3 is 5.73 Å². The van der Waals surface area contributed by atoms with E-state index in [-0.39, 0.29) is 30.4 Å². The van der Waals surface area contributed by atoms with E-state index < -0.39 is 41.5 Å². The van der Waals surface area contributed by atoms with Crippen molar-refractivity contribution in [2.45, 2.75) is 57.9 Å². The van der Waals surface area contributed by atoms with Crippen molar-refractivity contribution in [2.24, 2.45) is 11.7 Å². The van der Waals surface area contributed by atoms with Crippen molar-refractivity contribution in [3.63, 3.8) is 0 Å². The topological polar surface area (TPSA) is 127 Å². The van der Waals surface area contributed by atoms with Crippen molar-refractivity contribution >= 4 is 29.5 Å². The summed E-state index contributed by atoms with van der Waals surface area (Å²) in [6, 6.07) is 3.91. The Balaban J connectivity index is 1.87. The summed E-state index contributed by atoms with van der Waals surface area (Å²) in [5.74, 6) is -3.04. The molecule has 8 heteroatoms. The second-order valence-corrected chi connectivity index (χ2v) is 7.59. The first-order valence-electron chi connectivity index (χ1n) is 9.98. The first kappa shape index (κ1) is 20.7. The highest BCUT2D eigenvalue weighted by molar-refractivity contribution is 6.24. The molecule has 8 nitrogen and oxygen atoms in total. The number of hydrogen-bond donors (Lipinski definition) is 2. The molecule has 0 aliphatic carbocycles. The first-order valence-corrected chi connectivity index (χ1v) is 9.98. The fraction of sp³-hybridized carbons (Fsp3) is 0.476. The number of amides is 5. The summed E-state index contributed by atoms with van der Waals surface area (Å²) in [6.07, 6.45) is 3.91. The summed E-state index contributed by atoms with van der Waals surface area (Å²) in [7, 11) is 0. The van der Waals surface area contributed by atoms with Gasteiger partial charge in [0.05, 0.1) is 11.1 Å². The lowest BCUT2D eigenvalue weighted by Crippen LogP contribution is -2.54. The zero-order chi connectivity index (χ0) is 21.1. The molecule has 0 bridgehead atoms. The van der Waals surface area contributed by atoms with E-state index in [9.17, 15) is 24.0 Å². The fourth-order valence-electron chi connectivity index (χ4n) is 4.01. The van der Waals surface area contributed by atoms with Gasteiger partial charge in [-0.25, -0.2) is 0 Å². The lowest BCUT2D eigenvalue weighted by Gasteiger charge is -2.27. The number of hydrogen-bond acceptors (Lipinski definition) is 5. The van der Waals surface area contributed by atoms with Gasteiger partial charge in [-0.05, 0) is 30.9 Å². The maximum atomic E-state index is 13.1. The SMILES string of the molecule is CCCCCC(Cc1cccc2c1C(=O)N(C1CCC(=O)NC1=O)C2=O)C(N)=O. The summed E-state index contributed by atoms with van der Waals surface area (Å²) in [5.41, 5.74) is 6.59. The molecule has 2 heterocycles. The second-order valence-electron chi connectivity index (χ2n) is 7.59. The van der Waals surface area contributed by atoms with Crippen LogP contribution in [0.5, 0.6) is 0 Å². The third kappa shape index (κ3) is 4.06. The molecule has 1 fully saturated rings. The predicted octanol–water partition coefficient (Wildman–Crippen LogP) is 1.31. The number of unbranched alkanes of at least 4 members (excludes halogenated alkanes) is 2. The molecule has 2 unspecified atom stereocenters. The zero-order valence-corrected chi connectivity index (χ0v) is 16.4. The molecule has 1 aromatic rings. The Hall–Kier alpha value is -3.03. The number of nitrogens with one attached hydrogen (secondary N) is 1. The molecule has 1 saturated heterocycles. The molecule has 0 aromatic heterocycles. The Morgan fingerprint density at radius 1 is 1.21 bits per heavy atom. The van der Waals surface area contributed by atoms with E-state index in [2.05, 4.69) is 12.2 Å². The molecular formula is C21H25N3O5. The third-order valence-electron chi connectivity index (χ3n) is 5.58. The average molecular weight is 399 g/mol. The first-order chi connectivity index (χ1) is 13.8. The van der Waals surface area contributed by atoms with Crippen LogP contribution in [0.25, 0.3) is 0 Å². The van der Waals surface area contributed by atoms with Gasteiger partial charge in [-0.3, -0.25) is 34.2 Å². The molecule has 5 amide bonds.